The predicted molar refractivity (Wildman–Crippen MR) is 96.3 cm³/mol. The minimum absolute atomic E-state index is 0.0272. The number of carbonyl (C=O) groups is 1. The Kier molecular flexibility index (Phi) is 3.90. The molecule has 1 fully saturated rings. The van der Waals surface area contributed by atoms with Crippen LogP contribution in [0.3, 0.4) is 0 Å². The fraction of sp³-hybridized carbons (Fsp3) is 0.353. The molecule has 0 radical (unpaired) electrons. The van der Waals surface area contributed by atoms with Crippen molar-refractivity contribution in [2.45, 2.75) is 20.8 Å². The number of nitrogens with zero attached hydrogens (tertiary/aromatic N) is 6. The van der Waals surface area contributed by atoms with E-state index in [1.807, 2.05) is 32.9 Å². The quantitative estimate of drug-likeness (QED) is 0.735. The number of rotatable bonds is 4. The summed E-state index contributed by atoms with van der Waals surface area (Å²) in [4.78, 5) is 23.0. The number of hydrogen-bond donors (Lipinski definition) is 2. The summed E-state index contributed by atoms with van der Waals surface area (Å²) >= 11 is 0. The van der Waals surface area contributed by atoms with Gasteiger partial charge in [0.25, 0.3) is 0 Å². The highest BCUT2D eigenvalue weighted by atomic mass is 16.2. The highest BCUT2D eigenvalue weighted by Gasteiger charge is 2.34. The van der Waals surface area contributed by atoms with Crippen molar-refractivity contribution in [1.82, 2.24) is 29.9 Å². The van der Waals surface area contributed by atoms with Crippen LogP contribution in [0.25, 0.3) is 5.82 Å². The topological polar surface area (TPSA) is 105 Å². The standard InChI is InChI=1S/C17H20N8O/c1-10-5-14(22-21-10)20-17(26)13-7-24(8-13)15-6-16(19-9-18-15)25-12(3)4-11(2)23-25/h4-6,9,13H,7-8H2,1-3H3,(H2,20,21,22,26). The van der Waals surface area contributed by atoms with Crippen molar-refractivity contribution < 1.29 is 4.79 Å². The third-order valence-corrected chi connectivity index (χ3v) is 4.40. The van der Waals surface area contributed by atoms with Crippen molar-refractivity contribution in [1.29, 1.82) is 0 Å². The van der Waals surface area contributed by atoms with Crippen LogP contribution >= 0.6 is 0 Å². The van der Waals surface area contributed by atoms with Crippen LogP contribution in [0.1, 0.15) is 17.1 Å². The van der Waals surface area contributed by atoms with Gasteiger partial charge in [-0.15, -0.1) is 0 Å². The van der Waals surface area contributed by atoms with E-state index >= 15 is 0 Å². The Hall–Kier alpha value is -3.23. The van der Waals surface area contributed by atoms with Gasteiger partial charge in [-0.25, -0.2) is 14.6 Å². The molecule has 9 nitrogen and oxygen atoms in total. The normalized spacial score (nSPS) is 14.3. The molecule has 1 aliphatic rings. The first kappa shape index (κ1) is 16.2. The minimum Gasteiger partial charge on any atom is -0.355 e. The molecule has 26 heavy (non-hydrogen) atoms. The van der Waals surface area contributed by atoms with E-state index in [2.05, 4.69) is 35.5 Å². The average molecular weight is 352 g/mol. The van der Waals surface area contributed by atoms with E-state index in [9.17, 15) is 4.79 Å². The lowest BCUT2D eigenvalue weighted by atomic mass is 9.99. The smallest absolute Gasteiger partial charge is 0.232 e. The van der Waals surface area contributed by atoms with Gasteiger partial charge in [0, 0.05) is 36.6 Å². The average Bonchev–Trinajstić information content (AvgIpc) is 3.11. The molecular formula is C17H20N8O. The molecule has 1 aliphatic heterocycles. The Labute approximate surface area is 150 Å². The lowest BCUT2D eigenvalue weighted by Gasteiger charge is -2.38. The number of aryl methyl sites for hydroxylation is 3. The molecule has 1 amide bonds. The second kappa shape index (κ2) is 6.25. The predicted octanol–water partition coefficient (Wildman–Crippen LogP) is 1.39. The number of amides is 1. The Morgan fingerprint density at radius 1 is 1.15 bits per heavy atom. The van der Waals surface area contributed by atoms with Crippen molar-refractivity contribution in [3.8, 4) is 5.82 Å². The molecule has 0 unspecified atom stereocenters. The minimum atomic E-state index is -0.0842. The third kappa shape index (κ3) is 3.03. The Morgan fingerprint density at radius 2 is 1.92 bits per heavy atom. The molecule has 0 aromatic carbocycles. The molecular weight excluding hydrogens is 332 g/mol. The van der Waals surface area contributed by atoms with Gasteiger partial charge in [0.2, 0.25) is 5.91 Å². The van der Waals surface area contributed by atoms with Crippen molar-refractivity contribution in [2.75, 3.05) is 23.3 Å². The van der Waals surface area contributed by atoms with Gasteiger partial charge in [-0.05, 0) is 26.8 Å². The second-order valence-electron chi connectivity index (χ2n) is 6.60. The van der Waals surface area contributed by atoms with Crippen molar-refractivity contribution in [3.63, 3.8) is 0 Å². The van der Waals surface area contributed by atoms with Crippen LogP contribution in [0.4, 0.5) is 11.6 Å². The maximum atomic E-state index is 12.3. The zero-order valence-corrected chi connectivity index (χ0v) is 14.9. The molecule has 3 aromatic heterocycles. The highest BCUT2D eigenvalue weighted by molar-refractivity contribution is 5.93. The molecule has 3 aromatic rings. The van der Waals surface area contributed by atoms with E-state index in [1.165, 1.54) is 6.33 Å². The number of aromatic amines is 1. The number of carbonyl (C=O) groups excluding carboxylic acids is 1. The van der Waals surface area contributed by atoms with E-state index in [4.69, 9.17) is 0 Å². The molecule has 0 spiro atoms. The van der Waals surface area contributed by atoms with Crippen LogP contribution in [0.5, 0.6) is 0 Å². The van der Waals surface area contributed by atoms with Crippen LogP contribution in [0.15, 0.2) is 24.5 Å². The van der Waals surface area contributed by atoms with Crippen LogP contribution in [-0.4, -0.2) is 48.9 Å². The molecule has 4 heterocycles. The fourth-order valence-electron chi connectivity index (χ4n) is 3.03. The first-order valence-electron chi connectivity index (χ1n) is 8.43. The van der Waals surface area contributed by atoms with E-state index in [0.29, 0.717) is 18.9 Å². The Balaban J connectivity index is 1.42. The zero-order chi connectivity index (χ0) is 18.3. The van der Waals surface area contributed by atoms with E-state index in [0.717, 1.165) is 28.7 Å². The van der Waals surface area contributed by atoms with E-state index in [1.54, 1.807) is 10.7 Å². The molecule has 2 N–H and O–H groups in total. The van der Waals surface area contributed by atoms with Crippen LogP contribution in [0.2, 0.25) is 0 Å². The second-order valence-corrected chi connectivity index (χ2v) is 6.60. The maximum Gasteiger partial charge on any atom is 0.232 e. The van der Waals surface area contributed by atoms with Gasteiger partial charge in [-0.3, -0.25) is 9.89 Å². The Bertz CT molecular complexity index is 953. The largest absolute Gasteiger partial charge is 0.355 e. The monoisotopic (exact) mass is 352 g/mol. The summed E-state index contributed by atoms with van der Waals surface area (Å²) in [6.45, 7) is 7.06. The SMILES string of the molecule is Cc1cc(C)n(-c2cc(N3CC(C(=O)Nc4cc(C)[nH]n4)C3)ncn2)n1. The van der Waals surface area contributed by atoms with Gasteiger partial charge in [-0.2, -0.15) is 10.2 Å². The molecule has 0 bridgehead atoms. The third-order valence-electron chi connectivity index (χ3n) is 4.40. The molecule has 0 saturated carbocycles. The number of H-pyrrole nitrogens is 1. The molecule has 134 valence electrons. The maximum absolute atomic E-state index is 12.3. The number of aromatic nitrogens is 6. The molecule has 1 saturated heterocycles. The summed E-state index contributed by atoms with van der Waals surface area (Å²) in [5.41, 5.74) is 2.87. The lowest BCUT2D eigenvalue weighted by Crippen LogP contribution is -2.52. The van der Waals surface area contributed by atoms with Gasteiger partial charge in [0.15, 0.2) is 11.6 Å². The van der Waals surface area contributed by atoms with Gasteiger partial charge in [0.05, 0.1) is 11.6 Å². The summed E-state index contributed by atoms with van der Waals surface area (Å²) in [5, 5.41) is 14.1. The van der Waals surface area contributed by atoms with Crippen molar-refractivity contribution >= 4 is 17.5 Å². The fourth-order valence-corrected chi connectivity index (χ4v) is 3.03. The van der Waals surface area contributed by atoms with Gasteiger partial charge in [-0.1, -0.05) is 0 Å². The first-order chi connectivity index (χ1) is 12.5. The summed E-state index contributed by atoms with van der Waals surface area (Å²) in [6.07, 6.45) is 1.53. The number of anilines is 2. The summed E-state index contributed by atoms with van der Waals surface area (Å²) in [5.74, 6) is 1.96. The molecule has 4 rings (SSSR count). The van der Waals surface area contributed by atoms with E-state index in [-0.39, 0.29) is 11.8 Å². The first-order valence-corrected chi connectivity index (χ1v) is 8.43. The molecule has 0 aliphatic carbocycles. The molecule has 9 heteroatoms. The molecule has 0 atom stereocenters. The van der Waals surface area contributed by atoms with Crippen LogP contribution < -0.4 is 10.2 Å². The van der Waals surface area contributed by atoms with Crippen molar-refractivity contribution in [2.24, 2.45) is 5.92 Å². The number of hydrogen-bond acceptors (Lipinski definition) is 6. The van der Waals surface area contributed by atoms with Gasteiger partial charge < -0.3 is 10.2 Å². The summed E-state index contributed by atoms with van der Waals surface area (Å²) in [6, 6.07) is 5.70. The summed E-state index contributed by atoms with van der Waals surface area (Å²) in [7, 11) is 0. The van der Waals surface area contributed by atoms with Crippen LogP contribution in [-0.2, 0) is 4.79 Å². The Morgan fingerprint density at radius 3 is 2.58 bits per heavy atom. The lowest BCUT2D eigenvalue weighted by molar-refractivity contribution is -0.120. The highest BCUT2D eigenvalue weighted by Crippen LogP contribution is 2.25. The van der Waals surface area contributed by atoms with E-state index < -0.39 is 0 Å². The van der Waals surface area contributed by atoms with Gasteiger partial charge >= 0.3 is 0 Å². The van der Waals surface area contributed by atoms with Gasteiger partial charge in [0.1, 0.15) is 12.1 Å². The van der Waals surface area contributed by atoms with Crippen molar-refractivity contribution in [3.05, 3.63) is 41.6 Å². The van der Waals surface area contributed by atoms with Crippen LogP contribution in [0, 0.1) is 26.7 Å². The summed E-state index contributed by atoms with van der Waals surface area (Å²) < 4.78 is 1.80. The number of nitrogens with one attached hydrogen (secondary N) is 2. The zero-order valence-electron chi connectivity index (χ0n) is 14.9.